The van der Waals surface area contributed by atoms with E-state index in [1.807, 2.05) is 18.2 Å². The van der Waals surface area contributed by atoms with Crippen molar-refractivity contribution >= 4 is 12.5 Å². The third-order valence-corrected chi connectivity index (χ3v) is 1.84. The third kappa shape index (κ3) is 1.09. The zero-order chi connectivity index (χ0) is 8.39. The smallest absolute Gasteiger partial charge is 0.317 e. The van der Waals surface area contributed by atoms with Gasteiger partial charge in [-0.3, -0.25) is 9.78 Å². The molecule has 0 atom stereocenters. The van der Waals surface area contributed by atoms with Gasteiger partial charge in [0, 0.05) is 12.4 Å². The first-order valence-electron chi connectivity index (χ1n) is 3.73. The molecule has 0 bridgehead atoms. The van der Waals surface area contributed by atoms with E-state index in [4.69, 9.17) is 0 Å². The number of aromatic nitrogens is 1. The zero-order valence-electron chi connectivity index (χ0n) is 7.47. The van der Waals surface area contributed by atoms with Gasteiger partial charge in [0.1, 0.15) is 0 Å². The molecule has 0 aromatic carbocycles. The second kappa shape index (κ2) is 2.77. The van der Waals surface area contributed by atoms with E-state index in [-0.39, 0.29) is 1.43 Å². The normalized spacial score (nSPS) is 14.2. The summed E-state index contributed by atoms with van der Waals surface area (Å²) in [5, 5.41) is 0. The molecule has 12 heavy (non-hydrogen) atoms. The number of carbonyl (C=O) groups is 1. The van der Waals surface area contributed by atoms with Crippen molar-refractivity contribution in [3.8, 4) is 0 Å². The van der Waals surface area contributed by atoms with Crippen molar-refractivity contribution in [3.63, 3.8) is 0 Å². The highest BCUT2D eigenvalue weighted by atomic mass is 16.1. The van der Waals surface area contributed by atoms with Gasteiger partial charge >= 0.3 is 1.43 Å². The number of rotatable bonds is 1. The summed E-state index contributed by atoms with van der Waals surface area (Å²) in [4.78, 5) is 16.2. The predicted octanol–water partition coefficient (Wildman–Crippen LogP) is 1.14. The molecule has 0 saturated carbocycles. The number of pyridine rings is 1. The number of fused-ring (bicyclic) bond motifs is 1. The summed E-state index contributed by atoms with van der Waals surface area (Å²) in [6, 6.07) is 3.85. The highest BCUT2D eigenvalue weighted by Crippen LogP contribution is 2.15. The maximum Gasteiger partial charge on any atom is 1.00 e. The fourth-order valence-corrected chi connectivity index (χ4v) is 1.22. The monoisotopic (exact) mass is 161 g/mol. The number of amides is 1. The second-order valence-electron chi connectivity index (χ2n) is 2.64. The summed E-state index contributed by atoms with van der Waals surface area (Å²) in [7, 11) is 0. The van der Waals surface area contributed by atoms with Crippen LogP contribution < -0.4 is 0 Å². The summed E-state index contributed by atoms with van der Waals surface area (Å²) >= 11 is 0. The molecule has 0 fully saturated rings. The molecule has 0 saturated heterocycles. The SMILES string of the molecule is O=CN1C=Cc2ncccc2C1.[H+]. The maximum atomic E-state index is 10.4. The van der Waals surface area contributed by atoms with Gasteiger partial charge < -0.3 is 4.90 Å². The Kier molecular flexibility index (Phi) is 1.63. The van der Waals surface area contributed by atoms with Gasteiger partial charge in [0.25, 0.3) is 0 Å². The largest absolute Gasteiger partial charge is 1.00 e. The summed E-state index contributed by atoms with van der Waals surface area (Å²) in [5.41, 5.74) is 2.04. The van der Waals surface area contributed by atoms with Crippen LogP contribution in [0.4, 0.5) is 0 Å². The van der Waals surface area contributed by atoms with E-state index in [1.54, 1.807) is 17.3 Å². The van der Waals surface area contributed by atoms with E-state index in [9.17, 15) is 4.79 Å². The molecule has 1 amide bonds. The van der Waals surface area contributed by atoms with Gasteiger partial charge in [-0.25, -0.2) is 0 Å². The topological polar surface area (TPSA) is 33.2 Å². The molecule has 2 heterocycles. The molecule has 1 aliphatic heterocycles. The van der Waals surface area contributed by atoms with Gasteiger partial charge in [0.05, 0.1) is 12.2 Å². The summed E-state index contributed by atoms with van der Waals surface area (Å²) in [6.45, 7) is 0.628. The molecule has 3 nitrogen and oxygen atoms in total. The Bertz CT molecular complexity index is 338. The Morgan fingerprint density at radius 2 is 2.58 bits per heavy atom. The molecule has 60 valence electrons. The van der Waals surface area contributed by atoms with Crippen molar-refractivity contribution in [2.75, 3.05) is 0 Å². The lowest BCUT2D eigenvalue weighted by atomic mass is 10.1. The van der Waals surface area contributed by atoms with Crippen LogP contribution in [0.3, 0.4) is 0 Å². The molecule has 2 rings (SSSR count). The van der Waals surface area contributed by atoms with Crippen molar-refractivity contribution in [1.29, 1.82) is 0 Å². The molecular weight excluding hydrogens is 152 g/mol. The lowest BCUT2D eigenvalue weighted by Crippen LogP contribution is -2.18. The first kappa shape index (κ1) is 7.03. The van der Waals surface area contributed by atoms with Crippen LogP contribution in [-0.2, 0) is 11.3 Å². The molecule has 1 aliphatic rings. The van der Waals surface area contributed by atoms with Crippen molar-refractivity contribution in [3.05, 3.63) is 35.8 Å². The summed E-state index contributed by atoms with van der Waals surface area (Å²) in [5.74, 6) is 0. The van der Waals surface area contributed by atoms with E-state index in [0.29, 0.717) is 6.54 Å². The van der Waals surface area contributed by atoms with E-state index in [2.05, 4.69) is 4.98 Å². The van der Waals surface area contributed by atoms with Crippen LogP contribution >= 0.6 is 0 Å². The zero-order valence-corrected chi connectivity index (χ0v) is 6.47. The van der Waals surface area contributed by atoms with Crippen molar-refractivity contribution < 1.29 is 6.22 Å². The van der Waals surface area contributed by atoms with Crippen molar-refractivity contribution in [2.24, 2.45) is 0 Å². The van der Waals surface area contributed by atoms with Gasteiger partial charge in [0.2, 0.25) is 6.41 Å². The van der Waals surface area contributed by atoms with Gasteiger partial charge in [-0.05, 0) is 17.7 Å². The van der Waals surface area contributed by atoms with Crippen LogP contribution in [0.1, 0.15) is 12.7 Å². The molecule has 3 heteroatoms. The molecule has 0 unspecified atom stereocenters. The Morgan fingerprint density at radius 3 is 3.42 bits per heavy atom. The Labute approximate surface area is 71.8 Å². The second-order valence-corrected chi connectivity index (χ2v) is 2.64. The fraction of sp³-hybridized carbons (Fsp3) is 0.111. The van der Waals surface area contributed by atoms with E-state index in [1.165, 1.54) is 0 Å². The van der Waals surface area contributed by atoms with Crippen LogP contribution in [0, 0.1) is 0 Å². The van der Waals surface area contributed by atoms with Crippen LogP contribution in [0.2, 0.25) is 0 Å². The molecular formula is C9H9N2O+. The fourth-order valence-electron chi connectivity index (χ4n) is 1.22. The van der Waals surface area contributed by atoms with Crippen LogP contribution in [0.15, 0.2) is 24.5 Å². The van der Waals surface area contributed by atoms with Crippen molar-refractivity contribution in [2.45, 2.75) is 6.54 Å². The Hall–Kier alpha value is -1.64. The van der Waals surface area contributed by atoms with Gasteiger partial charge in [-0.1, -0.05) is 6.07 Å². The summed E-state index contributed by atoms with van der Waals surface area (Å²) < 4.78 is 0. The highest BCUT2D eigenvalue weighted by Gasteiger charge is 2.08. The van der Waals surface area contributed by atoms with E-state index >= 15 is 0 Å². The van der Waals surface area contributed by atoms with Crippen molar-refractivity contribution in [1.82, 2.24) is 9.88 Å². The van der Waals surface area contributed by atoms with Crippen LogP contribution in [0.5, 0.6) is 0 Å². The van der Waals surface area contributed by atoms with E-state index < -0.39 is 0 Å². The lowest BCUT2D eigenvalue weighted by molar-refractivity contribution is -0.116. The number of carbonyl (C=O) groups excluding carboxylic acids is 1. The minimum absolute atomic E-state index is 0. The Morgan fingerprint density at radius 1 is 1.67 bits per heavy atom. The summed E-state index contributed by atoms with van der Waals surface area (Å²) in [6.07, 6.45) is 6.14. The number of hydrogen-bond donors (Lipinski definition) is 0. The molecule has 0 N–H and O–H groups in total. The molecule has 0 radical (unpaired) electrons. The first-order valence-corrected chi connectivity index (χ1v) is 3.73. The predicted molar refractivity (Wildman–Crippen MR) is 46.0 cm³/mol. The molecule has 1 aromatic heterocycles. The van der Waals surface area contributed by atoms with Crippen LogP contribution in [-0.4, -0.2) is 16.3 Å². The molecule has 0 spiro atoms. The molecule has 0 aliphatic carbocycles. The molecule has 1 aromatic rings. The van der Waals surface area contributed by atoms with E-state index in [0.717, 1.165) is 17.7 Å². The highest BCUT2D eigenvalue weighted by molar-refractivity contribution is 5.59. The number of hydrogen-bond acceptors (Lipinski definition) is 2. The third-order valence-electron chi connectivity index (χ3n) is 1.84. The average Bonchev–Trinajstić information content (AvgIpc) is 2.17. The standard InChI is InChI=1S/C9H8N2O/c12-7-11-5-3-9-8(6-11)2-1-4-10-9/h1-5,7H,6H2/p+1. The average molecular weight is 161 g/mol. The maximum absolute atomic E-state index is 10.4. The first-order chi connectivity index (χ1) is 5.90. The van der Waals surface area contributed by atoms with Crippen LogP contribution in [0.25, 0.3) is 6.08 Å². The minimum atomic E-state index is 0. The van der Waals surface area contributed by atoms with Gasteiger partial charge in [0.15, 0.2) is 0 Å². The quantitative estimate of drug-likeness (QED) is 0.578. The lowest BCUT2D eigenvalue weighted by Gasteiger charge is -2.17. The minimum Gasteiger partial charge on any atom is -0.317 e. The number of nitrogens with zero attached hydrogens (tertiary/aromatic N) is 2. The van der Waals surface area contributed by atoms with Gasteiger partial charge in [-0.2, -0.15) is 0 Å². The van der Waals surface area contributed by atoms with Gasteiger partial charge in [-0.15, -0.1) is 0 Å². The Balaban J connectivity index is 0.000000845.